The largest absolute Gasteiger partial charge is 0.355 e. The van der Waals surface area contributed by atoms with Crippen molar-refractivity contribution in [1.82, 2.24) is 15.1 Å². The highest BCUT2D eigenvalue weighted by Crippen LogP contribution is 2.23. The summed E-state index contributed by atoms with van der Waals surface area (Å²) < 4.78 is 0. The number of nitrogens with zero attached hydrogens (tertiary/aromatic N) is 2. The molecule has 1 aromatic rings. The van der Waals surface area contributed by atoms with Gasteiger partial charge in [0.25, 0.3) is 5.91 Å². The van der Waals surface area contributed by atoms with Crippen LogP contribution in [0.3, 0.4) is 0 Å². The van der Waals surface area contributed by atoms with Crippen molar-refractivity contribution in [3.8, 4) is 0 Å². The Bertz CT molecular complexity index is 846. The third-order valence-electron chi connectivity index (χ3n) is 5.49. The molecular formula is C21H25Cl2N3O4. The molecule has 7 nitrogen and oxygen atoms in total. The van der Waals surface area contributed by atoms with Gasteiger partial charge in [-0.1, -0.05) is 29.3 Å². The zero-order valence-corrected chi connectivity index (χ0v) is 18.2. The van der Waals surface area contributed by atoms with Crippen molar-refractivity contribution >= 4 is 46.7 Å². The fraction of sp³-hybridized carbons (Fsp3) is 0.524. The number of Topliss-reactive ketones (excluding diaryl/α,β-unsaturated/α-hetero) is 1. The number of halogens is 2. The van der Waals surface area contributed by atoms with Crippen LogP contribution >= 0.6 is 23.2 Å². The van der Waals surface area contributed by atoms with Crippen molar-refractivity contribution in [2.75, 3.05) is 32.7 Å². The number of hydrogen-bond donors (Lipinski definition) is 1. The minimum Gasteiger partial charge on any atom is -0.355 e. The fourth-order valence-electron chi connectivity index (χ4n) is 3.80. The van der Waals surface area contributed by atoms with E-state index in [2.05, 4.69) is 5.32 Å². The van der Waals surface area contributed by atoms with E-state index in [9.17, 15) is 19.2 Å². The van der Waals surface area contributed by atoms with Gasteiger partial charge in [-0.15, -0.1) is 0 Å². The number of hydrogen-bond acceptors (Lipinski definition) is 4. The van der Waals surface area contributed by atoms with E-state index in [1.807, 2.05) is 6.07 Å². The Morgan fingerprint density at radius 2 is 1.83 bits per heavy atom. The first-order valence-corrected chi connectivity index (χ1v) is 10.9. The van der Waals surface area contributed by atoms with Gasteiger partial charge in [0, 0.05) is 39.1 Å². The van der Waals surface area contributed by atoms with Gasteiger partial charge in [0.1, 0.15) is 5.92 Å². The molecule has 0 saturated carbocycles. The smallest absolute Gasteiger partial charge is 0.290 e. The normalized spacial score (nSPS) is 19.1. The number of likely N-dealkylation sites (tertiary alicyclic amines) is 2. The molecule has 0 spiro atoms. The van der Waals surface area contributed by atoms with Crippen LogP contribution in [0.1, 0.15) is 31.2 Å². The first-order chi connectivity index (χ1) is 14.4. The minimum atomic E-state index is -0.962. The zero-order valence-electron chi connectivity index (χ0n) is 16.7. The molecule has 2 aliphatic heterocycles. The number of aryl methyl sites for hydroxylation is 1. The third kappa shape index (κ3) is 5.52. The molecule has 9 heteroatoms. The lowest BCUT2D eigenvalue weighted by Gasteiger charge is -2.19. The zero-order chi connectivity index (χ0) is 21.7. The van der Waals surface area contributed by atoms with Crippen LogP contribution in [0.2, 0.25) is 10.0 Å². The summed E-state index contributed by atoms with van der Waals surface area (Å²) in [4.78, 5) is 51.6. The Kier molecular flexibility index (Phi) is 7.72. The van der Waals surface area contributed by atoms with Crippen LogP contribution in [0.25, 0.3) is 0 Å². The van der Waals surface area contributed by atoms with Crippen LogP contribution in [0.15, 0.2) is 18.2 Å². The highest BCUT2D eigenvalue weighted by molar-refractivity contribution is 6.42. The van der Waals surface area contributed by atoms with E-state index in [0.717, 1.165) is 18.5 Å². The van der Waals surface area contributed by atoms with Crippen LogP contribution in [-0.2, 0) is 25.6 Å². The predicted molar refractivity (Wildman–Crippen MR) is 113 cm³/mol. The molecule has 2 heterocycles. The van der Waals surface area contributed by atoms with E-state index in [-0.39, 0.29) is 12.5 Å². The van der Waals surface area contributed by atoms with Crippen LogP contribution in [0.4, 0.5) is 0 Å². The maximum atomic E-state index is 12.4. The summed E-state index contributed by atoms with van der Waals surface area (Å²) >= 11 is 11.9. The molecule has 1 atom stereocenters. The maximum Gasteiger partial charge on any atom is 0.290 e. The van der Waals surface area contributed by atoms with Crippen molar-refractivity contribution in [1.29, 1.82) is 0 Å². The summed E-state index contributed by atoms with van der Waals surface area (Å²) in [5.41, 5.74) is 1.01. The standard InChI is InChI=1S/C21H25Cl2N3O4/c22-16-7-6-14(12-17(16)23)4-1-8-24-20(29)15-13-26(21(30)19(15)28)11-3-10-25-9-2-5-18(25)27/h6-7,12,15H,1-5,8-11,13H2,(H,24,29). The molecule has 1 N–H and O–H groups in total. The van der Waals surface area contributed by atoms with Gasteiger partial charge in [-0.2, -0.15) is 0 Å². The second-order valence-electron chi connectivity index (χ2n) is 7.65. The van der Waals surface area contributed by atoms with Crippen LogP contribution in [0, 0.1) is 5.92 Å². The predicted octanol–water partition coefficient (Wildman–Crippen LogP) is 2.08. The molecule has 0 radical (unpaired) electrons. The van der Waals surface area contributed by atoms with Crippen molar-refractivity contribution in [3.63, 3.8) is 0 Å². The topological polar surface area (TPSA) is 86.8 Å². The van der Waals surface area contributed by atoms with Gasteiger partial charge in [-0.3, -0.25) is 19.2 Å². The second kappa shape index (κ2) is 10.3. The average Bonchev–Trinajstić information content (AvgIpc) is 3.25. The van der Waals surface area contributed by atoms with Crippen LogP contribution in [-0.4, -0.2) is 66.0 Å². The van der Waals surface area contributed by atoms with Crippen molar-refractivity contribution < 1.29 is 19.2 Å². The summed E-state index contributed by atoms with van der Waals surface area (Å²) in [5, 5.41) is 3.73. The Morgan fingerprint density at radius 3 is 2.53 bits per heavy atom. The number of nitrogens with one attached hydrogen (secondary N) is 1. The van der Waals surface area contributed by atoms with E-state index < -0.39 is 23.5 Å². The average molecular weight is 454 g/mol. The van der Waals surface area contributed by atoms with Crippen molar-refractivity contribution in [2.24, 2.45) is 5.92 Å². The van der Waals surface area contributed by atoms with E-state index in [0.29, 0.717) is 55.4 Å². The third-order valence-corrected chi connectivity index (χ3v) is 6.23. The monoisotopic (exact) mass is 453 g/mol. The first-order valence-electron chi connectivity index (χ1n) is 10.2. The van der Waals surface area contributed by atoms with Crippen LogP contribution in [0.5, 0.6) is 0 Å². The Labute approximate surface area is 185 Å². The number of carbonyl (C=O) groups is 4. The highest BCUT2D eigenvalue weighted by Gasteiger charge is 2.42. The summed E-state index contributed by atoms with van der Waals surface area (Å²) in [6, 6.07) is 5.40. The lowest BCUT2D eigenvalue weighted by atomic mass is 10.1. The Balaban J connectivity index is 1.39. The molecule has 3 amide bonds. The molecule has 162 valence electrons. The SMILES string of the molecule is O=C(NCCCc1ccc(Cl)c(Cl)c1)C1CN(CCCN2CCCC2=O)C(=O)C1=O. The maximum absolute atomic E-state index is 12.4. The quantitative estimate of drug-likeness (QED) is 0.352. The lowest BCUT2D eigenvalue weighted by Crippen LogP contribution is -2.36. The first kappa shape index (κ1) is 22.6. The van der Waals surface area contributed by atoms with Crippen molar-refractivity contribution in [2.45, 2.75) is 32.1 Å². The lowest BCUT2D eigenvalue weighted by molar-refractivity contribution is -0.142. The van der Waals surface area contributed by atoms with Gasteiger partial charge in [0.2, 0.25) is 17.6 Å². The Morgan fingerprint density at radius 1 is 1.07 bits per heavy atom. The number of rotatable bonds is 9. The summed E-state index contributed by atoms with van der Waals surface area (Å²) in [5.74, 6) is -2.51. The van der Waals surface area contributed by atoms with Crippen molar-refractivity contribution in [3.05, 3.63) is 33.8 Å². The van der Waals surface area contributed by atoms with Gasteiger partial charge in [0.15, 0.2) is 0 Å². The highest BCUT2D eigenvalue weighted by atomic mass is 35.5. The Hall–Kier alpha value is -2.12. The molecule has 0 aliphatic carbocycles. The van der Waals surface area contributed by atoms with Gasteiger partial charge < -0.3 is 15.1 Å². The molecule has 30 heavy (non-hydrogen) atoms. The second-order valence-corrected chi connectivity index (χ2v) is 8.46. The number of carbonyl (C=O) groups excluding carboxylic acids is 4. The molecule has 0 bridgehead atoms. The van der Waals surface area contributed by atoms with E-state index in [1.165, 1.54) is 4.90 Å². The van der Waals surface area contributed by atoms with E-state index in [4.69, 9.17) is 23.2 Å². The molecule has 2 saturated heterocycles. The molecule has 3 rings (SSSR count). The number of ketones is 1. The van der Waals surface area contributed by atoms with Gasteiger partial charge in [-0.25, -0.2) is 0 Å². The summed E-state index contributed by atoms with van der Waals surface area (Å²) in [6.45, 7) is 2.19. The molecule has 1 aromatic carbocycles. The number of amides is 3. The minimum absolute atomic E-state index is 0.101. The summed E-state index contributed by atoms with van der Waals surface area (Å²) in [7, 11) is 0. The van der Waals surface area contributed by atoms with Gasteiger partial charge >= 0.3 is 0 Å². The molecule has 2 fully saturated rings. The molecular weight excluding hydrogens is 429 g/mol. The molecule has 2 aliphatic rings. The van der Waals surface area contributed by atoms with Gasteiger partial charge in [0.05, 0.1) is 10.0 Å². The fourth-order valence-corrected chi connectivity index (χ4v) is 4.12. The number of benzene rings is 1. The van der Waals surface area contributed by atoms with Crippen LogP contribution < -0.4 is 5.32 Å². The van der Waals surface area contributed by atoms with E-state index in [1.54, 1.807) is 17.0 Å². The summed E-state index contributed by atoms with van der Waals surface area (Å²) in [6.07, 6.45) is 3.42. The van der Waals surface area contributed by atoms with Gasteiger partial charge in [-0.05, 0) is 43.4 Å². The van der Waals surface area contributed by atoms with E-state index >= 15 is 0 Å². The molecule has 1 unspecified atom stereocenters. The molecule has 0 aromatic heterocycles.